The molecule has 1 atom stereocenters. The number of nitrogens with zero attached hydrogens (tertiary/aromatic N) is 3. The van der Waals surface area contributed by atoms with Gasteiger partial charge in [-0.15, -0.1) is 0 Å². The van der Waals surface area contributed by atoms with E-state index in [0.29, 0.717) is 18.5 Å². The molecule has 2 heterocycles. The summed E-state index contributed by atoms with van der Waals surface area (Å²) in [6.45, 7) is 6.80. The lowest BCUT2D eigenvalue weighted by atomic mass is 10.1. The Bertz CT molecular complexity index is 789. The fourth-order valence-corrected chi connectivity index (χ4v) is 5.50. The Morgan fingerprint density at radius 2 is 1.82 bits per heavy atom. The maximum atomic E-state index is 13.1. The van der Waals surface area contributed by atoms with Crippen LogP contribution in [0.2, 0.25) is 0 Å². The third-order valence-electron chi connectivity index (χ3n) is 5.13. The third kappa shape index (κ3) is 4.61. The van der Waals surface area contributed by atoms with Crippen LogP contribution in [0.25, 0.3) is 0 Å². The average molecular weight is 408 g/mol. The first kappa shape index (κ1) is 21.0. The van der Waals surface area contributed by atoms with Crippen molar-refractivity contribution in [3.8, 4) is 0 Å². The first-order valence-electron chi connectivity index (χ1n) is 10.0. The zero-order valence-electron chi connectivity index (χ0n) is 16.4. The summed E-state index contributed by atoms with van der Waals surface area (Å²) < 4.78 is 32.6. The highest BCUT2D eigenvalue weighted by atomic mass is 32.2. The van der Waals surface area contributed by atoms with E-state index in [-0.39, 0.29) is 12.3 Å². The maximum absolute atomic E-state index is 13.1. The van der Waals surface area contributed by atoms with E-state index < -0.39 is 21.2 Å². The van der Waals surface area contributed by atoms with Crippen LogP contribution in [-0.4, -0.2) is 75.2 Å². The summed E-state index contributed by atoms with van der Waals surface area (Å²) in [5.74, 6) is -0.464. The summed E-state index contributed by atoms with van der Waals surface area (Å²) in [5, 5.41) is -0.999. The minimum atomic E-state index is -3.78. The van der Waals surface area contributed by atoms with Crippen LogP contribution < -0.4 is 0 Å². The molecule has 1 aromatic carbocycles. The first-order chi connectivity index (χ1) is 13.6. The molecular weight excluding hydrogens is 378 g/mol. The number of aliphatic imine (C=N–C) groups is 1. The van der Waals surface area contributed by atoms with Gasteiger partial charge in [-0.05, 0) is 18.4 Å². The van der Waals surface area contributed by atoms with Gasteiger partial charge in [0, 0.05) is 32.7 Å². The van der Waals surface area contributed by atoms with Crippen molar-refractivity contribution in [2.45, 2.75) is 31.4 Å². The molecule has 8 heteroatoms. The van der Waals surface area contributed by atoms with Crippen molar-refractivity contribution in [2.24, 2.45) is 4.99 Å². The van der Waals surface area contributed by atoms with Gasteiger partial charge < -0.3 is 4.74 Å². The number of benzene rings is 1. The molecule has 7 nitrogen and oxygen atoms in total. The largest absolute Gasteiger partial charge is 0.379 e. The van der Waals surface area contributed by atoms with Crippen LogP contribution in [0.3, 0.4) is 0 Å². The molecule has 0 spiro atoms. The molecule has 0 aliphatic carbocycles. The number of carbonyl (C=O) groups is 1. The van der Waals surface area contributed by atoms with E-state index in [1.165, 1.54) is 0 Å². The first-order valence-corrected chi connectivity index (χ1v) is 11.5. The summed E-state index contributed by atoms with van der Waals surface area (Å²) in [6.07, 6.45) is 2.26. The lowest BCUT2D eigenvalue weighted by Gasteiger charge is -2.26. The van der Waals surface area contributed by atoms with Crippen LogP contribution in [0, 0.1) is 0 Å². The van der Waals surface area contributed by atoms with Gasteiger partial charge in [0.1, 0.15) is 5.71 Å². The minimum absolute atomic E-state index is 0.157. The predicted octanol–water partition coefficient (Wildman–Crippen LogP) is 1.86. The number of unbranched alkanes of at least 4 members (excludes halogenated alkanes) is 1. The average Bonchev–Trinajstić information content (AvgIpc) is 2.90. The van der Waals surface area contributed by atoms with Gasteiger partial charge in [0.25, 0.3) is 15.9 Å². The van der Waals surface area contributed by atoms with Crippen LogP contribution in [-0.2, 0) is 19.6 Å². The van der Waals surface area contributed by atoms with Crippen LogP contribution in [0.4, 0.5) is 0 Å². The monoisotopic (exact) mass is 407 g/mol. The number of sulfonamides is 1. The molecule has 2 aliphatic rings. The Hall–Kier alpha value is -1.77. The molecule has 154 valence electrons. The van der Waals surface area contributed by atoms with Gasteiger partial charge in [0.05, 0.1) is 13.2 Å². The quantitative estimate of drug-likeness (QED) is 0.615. The fourth-order valence-electron chi connectivity index (χ4n) is 3.58. The lowest BCUT2D eigenvalue weighted by Crippen LogP contribution is -2.37. The van der Waals surface area contributed by atoms with Crippen molar-refractivity contribution in [3.63, 3.8) is 0 Å². The second-order valence-electron chi connectivity index (χ2n) is 7.14. The molecule has 0 aromatic heterocycles. The van der Waals surface area contributed by atoms with Gasteiger partial charge >= 0.3 is 0 Å². The Morgan fingerprint density at radius 1 is 1.11 bits per heavy atom. The van der Waals surface area contributed by atoms with E-state index in [1.807, 2.05) is 13.0 Å². The van der Waals surface area contributed by atoms with E-state index in [1.54, 1.807) is 24.3 Å². The zero-order chi connectivity index (χ0) is 20.0. The number of ether oxygens (including phenoxy) is 1. The van der Waals surface area contributed by atoms with Crippen LogP contribution >= 0.6 is 0 Å². The van der Waals surface area contributed by atoms with E-state index in [4.69, 9.17) is 4.74 Å². The predicted molar refractivity (Wildman–Crippen MR) is 109 cm³/mol. The number of amides is 1. The summed E-state index contributed by atoms with van der Waals surface area (Å²) in [4.78, 5) is 19.7. The number of hydrogen-bond acceptors (Lipinski definition) is 6. The summed E-state index contributed by atoms with van der Waals surface area (Å²) in [7, 11) is -3.78. The molecule has 1 aromatic rings. The normalized spacial score (nSPS) is 24.2. The SMILES string of the molecule is CCCCN1C(=O)C(=NCCCN2CCOCC2)C(c2ccccc2)S1(=O)=O. The number of carbonyl (C=O) groups excluding carboxylic acids is 1. The molecule has 0 saturated carbocycles. The summed E-state index contributed by atoms with van der Waals surface area (Å²) in [6, 6.07) is 8.92. The van der Waals surface area contributed by atoms with Crippen LogP contribution in [0.5, 0.6) is 0 Å². The van der Waals surface area contributed by atoms with E-state index >= 15 is 0 Å². The van der Waals surface area contributed by atoms with Gasteiger partial charge in [0.2, 0.25) is 0 Å². The molecule has 0 bridgehead atoms. The molecule has 0 radical (unpaired) electrons. The highest BCUT2D eigenvalue weighted by Gasteiger charge is 2.50. The molecule has 28 heavy (non-hydrogen) atoms. The van der Waals surface area contributed by atoms with Crippen LogP contribution in [0.1, 0.15) is 37.0 Å². The number of rotatable bonds is 8. The maximum Gasteiger partial charge on any atom is 0.283 e. The standard InChI is InChI=1S/C20H29N3O4S/c1-2-3-12-23-20(24)18(21-10-7-11-22-13-15-27-16-14-22)19(28(23,25)26)17-8-5-4-6-9-17/h4-6,8-9,19H,2-3,7,10-16H2,1H3. The number of morpholine rings is 1. The smallest absolute Gasteiger partial charge is 0.283 e. The van der Waals surface area contributed by atoms with E-state index in [2.05, 4.69) is 9.89 Å². The minimum Gasteiger partial charge on any atom is -0.379 e. The van der Waals surface area contributed by atoms with Gasteiger partial charge in [-0.3, -0.25) is 14.7 Å². The van der Waals surface area contributed by atoms with Crippen molar-refractivity contribution >= 4 is 21.6 Å². The van der Waals surface area contributed by atoms with E-state index in [0.717, 1.165) is 50.0 Å². The molecule has 2 saturated heterocycles. The van der Waals surface area contributed by atoms with Crippen molar-refractivity contribution in [1.29, 1.82) is 0 Å². The summed E-state index contributed by atoms with van der Waals surface area (Å²) in [5.41, 5.74) is 0.756. The van der Waals surface area contributed by atoms with Gasteiger partial charge in [-0.1, -0.05) is 43.7 Å². The van der Waals surface area contributed by atoms with E-state index in [9.17, 15) is 13.2 Å². The van der Waals surface area contributed by atoms with Crippen LogP contribution in [0.15, 0.2) is 35.3 Å². The van der Waals surface area contributed by atoms with Crippen molar-refractivity contribution in [1.82, 2.24) is 9.21 Å². The Morgan fingerprint density at radius 3 is 2.50 bits per heavy atom. The Kier molecular flexibility index (Phi) is 7.20. The lowest BCUT2D eigenvalue weighted by molar-refractivity contribution is -0.119. The molecule has 1 unspecified atom stereocenters. The molecule has 2 fully saturated rings. The topological polar surface area (TPSA) is 79.3 Å². The Balaban J connectivity index is 1.78. The fraction of sp³-hybridized carbons (Fsp3) is 0.600. The second kappa shape index (κ2) is 9.62. The number of hydrogen-bond donors (Lipinski definition) is 0. The Labute approximate surface area is 167 Å². The molecule has 2 aliphatic heterocycles. The van der Waals surface area contributed by atoms with Gasteiger partial charge in [0.15, 0.2) is 5.25 Å². The highest BCUT2D eigenvalue weighted by molar-refractivity contribution is 7.91. The molecule has 1 amide bonds. The van der Waals surface area contributed by atoms with Gasteiger partial charge in [-0.25, -0.2) is 12.7 Å². The van der Waals surface area contributed by atoms with Gasteiger partial charge in [-0.2, -0.15) is 0 Å². The molecule has 3 rings (SSSR count). The zero-order valence-corrected chi connectivity index (χ0v) is 17.2. The van der Waals surface area contributed by atoms with Crippen molar-refractivity contribution in [3.05, 3.63) is 35.9 Å². The molecule has 0 N–H and O–H groups in total. The third-order valence-corrected chi connectivity index (χ3v) is 7.19. The molecular formula is C20H29N3O4S. The van der Waals surface area contributed by atoms with Crippen molar-refractivity contribution < 1.29 is 17.9 Å². The summed E-state index contributed by atoms with van der Waals surface area (Å²) >= 11 is 0. The van der Waals surface area contributed by atoms with Crippen molar-refractivity contribution in [2.75, 3.05) is 45.9 Å². The highest BCUT2D eigenvalue weighted by Crippen LogP contribution is 2.34. The second-order valence-corrected chi connectivity index (χ2v) is 9.08.